The molecule has 3 aromatic rings. The van der Waals surface area contributed by atoms with E-state index in [2.05, 4.69) is 15.6 Å². The second kappa shape index (κ2) is 11.3. The van der Waals surface area contributed by atoms with Crippen molar-refractivity contribution in [2.24, 2.45) is 4.99 Å². The molecule has 0 spiro atoms. The van der Waals surface area contributed by atoms with Crippen molar-refractivity contribution in [3.63, 3.8) is 0 Å². The number of nitrogens with one attached hydrogen (secondary N) is 3. The molecular formula is C26H27ClFN5O3. The van der Waals surface area contributed by atoms with Crippen LogP contribution >= 0.6 is 11.6 Å². The second-order valence-corrected chi connectivity index (χ2v) is 8.65. The van der Waals surface area contributed by atoms with Crippen LogP contribution in [0.1, 0.15) is 11.1 Å². The summed E-state index contributed by atoms with van der Waals surface area (Å²) in [6, 6.07) is 17.1. The molecule has 1 aliphatic heterocycles. The van der Waals surface area contributed by atoms with Crippen molar-refractivity contribution in [1.29, 1.82) is 5.41 Å². The number of likely N-dealkylation sites (N-methyl/N-ethyl adjacent to an activating group) is 1. The topological polar surface area (TPSA) is 102 Å². The van der Waals surface area contributed by atoms with Crippen LogP contribution in [0.3, 0.4) is 0 Å². The molecule has 1 fully saturated rings. The normalized spacial score (nSPS) is 16.1. The summed E-state index contributed by atoms with van der Waals surface area (Å²) in [5.41, 5.74) is 3.24. The van der Waals surface area contributed by atoms with Crippen molar-refractivity contribution in [2.75, 3.05) is 37.9 Å². The Morgan fingerprint density at radius 2 is 2.08 bits per heavy atom. The number of nitrogens with zero attached hydrogens (tertiary/aromatic N) is 2. The summed E-state index contributed by atoms with van der Waals surface area (Å²) in [5, 5.41) is 24.5. The maximum absolute atomic E-state index is 13.4. The van der Waals surface area contributed by atoms with Crippen LogP contribution in [0.2, 0.25) is 5.02 Å². The van der Waals surface area contributed by atoms with Crippen LogP contribution in [-0.2, 0) is 11.3 Å². The van der Waals surface area contributed by atoms with E-state index in [1.165, 1.54) is 12.1 Å². The van der Waals surface area contributed by atoms with E-state index in [0.717, 1.165) is 5.69 Å². The molecule has 36 heavy (non-hydrogen) atoms. The number of rotatable bonds is 8. The Bertz CT molecular complexity index is 1290. The van der Waals surface area contributed by atoms with Gasteiger partial charge in [-0.2, -0.15) is 4.99 Å². The molecule has 0 aromatic heterocycles. The van der Waals surface area contributed by atoms with E-state index in [1.54, 1.807) is 43.4 Å². The van der Waals surface area contributed by atoms with Crippen LogP contribution in [0.5, 0.6) is 5.75 Å². The van der Waals surface area contributed by atoms with Gasteiger partial charge in [0.2, 0.25) is 0 Å². The molecule has 1 unspecified atom stereocenters. The monoisotopic (exact) mass is 511 g/mol. The van der Waals surface area contributed by atoms with E-state index in [4.69, 9.17) is 26.5 Å². The Kier molecular flexibility index (Phi) is 7.92. The van der Waals surface area contributed by atoms with Crippen molar-refractivity contribution in [3.8, 4) is 5.75 Å². The van der Waals surface area contributed by atoms with Gasteiger partial charge in [-0.1, -0.05) is 23.7 Å². The number of aliphatic imine (C=N–C) groups is 1. The first-order valence-corrected chi connectivity index (χ1v) is 11.7. The van der Waals surface area contributed by atoms with Gasteiger partial charge in [0.1, 0.15) is 30.1 Å². The van der Waals surface area contributed by atoms with E-state index < -0.39 is 0 Å². The number of ether oxygens (including phenoxy) is 2. The van der Waals surface area contributed by atoms with Crippen LogP contribution in [0, 0.1) is 11.2 Å². The lowest BCUT2D eigenvalue weighted by Gasteiger charge is -2.15. The molecule has 0 amide bonds. The molecule has 10 heteroatoms. The van der Waals surface area contributed by atoms with Gasteiger partial charge in [-0.05, 0) is 54.1 Å². The summed E-state index contributed by atoms with van der Waals surface area (Å²) in [6.45, 7) is 0.648. The fraction of sp³-hybridized carbons (Fsp3) is 0.231. The minimum absolute atomic E-state index is 0.0843. The molecule has 0 aliphatic carbocycles. The number of anilines is 2. The average Bonchev–Trinajstić information content (AvgIpc) is 3.22. The zero-order valence-corrected chi connectivity index (χ0v) is 20.6. The SMILES string of the molecule is CNc1ccc(/N=C2\OC(CO)CN2C)cc1C(=N)Nc1ccc(OCc2cccc(F)c2)c(Cl)c1. The van der Waals surface area contributed by atoms with Gasteiger partial charge in [0.25, 0.3) is 6.02 Å². The molecule has 1 saturated heterocycles. The molecule has 1 aliphatic rings. The van der Waals surface area contributed by atoms with Gasteiger partial charge >= 0.3 is 0 Å². The predicted octanol–water partition coefficient (Wildman–Crippen LogP) is 4.85. The van der Waals surface area contributed by atoms with E-state index in [1.807, 2.05) is 24.1 Å². The van der Waals surface area contributed by atoms with Crippen molar-refractivity contribution < 1.29 is 19.0 Å². The highest BCUT2D eigenvalue weighted by Gasteiger charge is 2.26. The molecule has 188 valence electrons. The lowest BCUT2D eigenvalue weighted by molar-refractivity contribution is 0.132. The average molecular weight is 512 g/mol. The number of hydrogen-bond donors (Lipinski definition) is 4. The third-order valence-electron chi connectivity index (χ3n) is 5.53. The van der Waals surface area contributed by atoms with Gasteiger partial charge in [0, 0.05) is 31.0 Å². The Balaban J connectivity index is 1.47. The third-order valence-corrected chi connectivity index (χ3v) is 5.83. The highest BCUT2D eigenvalue weighted by molar-refractivity contribution is 6.32. The number of aliphatic hydroxyl groups is 1. The molecule has 1 atom stereocenters. The summed E-state index contributed by atoms with van der Waals surface area (Å²) >= 11 is 6.40. The zero-order valence-electron chi connectivity index (χ0n) is 19.9. The van der Waals surface area contributed by atoms with Gasteiger partial charge in [-0.15, -0.1) is 0 Å². The van der Waals surface area contributed by atoms with E-state index in [-0.39, 0.29) is 31.0 Å². The molecular weight excluding hydrogens is 485 g/mol. The lowest BCUT2D eigenvalue weighted by Crippen LogP contribution is -2.21. The minimum atomic E-state index is -0.325. The van der Waals surface area contributed by atoms with Crippen molar-refractivity contribution in [3.05, 3.63) is 82.6 Å². The standard InChI is InChI=1S/C26H27ClFN5O3/c1-30-23-8-6-18(32-26-33(2)13-20(14-34)36-26)11-21(23)25(29)31-19-7-9-24(22(27)12-19)35-15-16-4-3-5-17(28)10-16/h3-12,20,30,34H,13-15H2,1-2H3,(H2,29,31)/b32-26-. The zero-order chi connectivity index (χ0) is 25.7. The quantitative estimate of drug-likeness (QED) is 0.255. The number of benzene rings is 3. The number of halogens is 2. The molecule has 0 saturated carbocycles. The molecule has 4 N–H and O–H groups in total. The molecule has 0 bridgehead atoms. The summed E-state index contributed by atoms with van der Waals surface area (Å²) in [7, 11) is 3.62. The largest absolute Gasteiger partial charge is 0.487 e. The van der Waals surface area contributed by atoms with Crippen molar-refractivity contribution in [2.45, 2.75) is 12.7 Å². The third kappa shape index (κ3) is 6.05. The van der Waals surface area contributed by atoms with Crippen LogP contribution < -0.4 is 15.4 Å². The highest BCUT2D eigenvalue weighted by Crippen LogP contribution is 2.30. The van der Waals surface area contributed by atoms with Gasteiger partial charge in [-0.3, -0.25) is 5.41 Å². The lowest BCUT2D eigenvalue weighted by atomic mass is 10.1. The minimum Gasteiger partial charge on any atom is -0.487 e. The van der Waals surface area contributed by atoms with Gasteiger partial charge in [0.05, 0.1) is 23.9 Å². The molecule has 0 radical (unpaired) electrons. The first-order valence-electron chi connectivity index (χ1n) is 11.3. The van der Waals surface area contributed by atoms with E-state index >= 15 is 0 Å². The first kappa shape index (κ1) is 25.3. The smallest absolute Gasteiger partial charge is 0.292 e. The highest BCUT2D eigenvalue weighted by atomic mass is 35.5. The van der Waals surface area contributed by atoms with Crippen molar-refractivity contribution >= 4 is 40.5 Å². The Labute approximate surface area is 213 Å². The van der Waals surface area contributed by atoms with Crippen LogP contribution in [0.4, 0.5) is 21.5 Å². The van der Waals surface area contributed by atoms with Gasteiger partial charge < -0.3 is 30.1 Å². The second-order valence-electron chi connectivity index (χ2n) is 8.24. The summed E-state index contributed by atoms with van der Waals surface area (Å²) in [5.74, 6) is 0.266. The van der Waals surface area contributed by atoms with Crippen LogP contribution in [-0.4, -0.2) is 55.2 Å². The van der Waals surface area contributed by atoms with Gasteiger partial charge in [0.15, 0.2) is 0 Å². The number of hydrogen-bond acceptors (Lipinski definition) is 6. The molecule has 1 heterocycles. The number of amidine groups is 2. The molecule has 4 rings (SSSR count). The maximum Gasteiger partial charge on any atom is 0.292 e. The maximum atomic E-state index is 13.4. The van der Waals surface area contributed by atoms with Gasteiger partial charge in [-0.25, -0.2) is 4.39 Å². The Morgan fingerprint density at radius 1 is 1.25 bits per heavy atom. The Morgan fingerprint density at radius 3 is 2.78 bits per heavy atom. The molecule has 8 nitrogen and oxygen atoms in total. The summed E-state index contributed by atoms with van der Waals surface area (Å²) in [4.78, 5) is 6.36. The predicted molar refractivity (Wildman–Crippen MR) is 140 cm³/mol. The number of aliphatic hydroxyl groups excluding tert-OH is 1. The summed E-state index contributed by atoms with van der Waals surface area (Å²) in [6.07, 6.45) is -0.310. The van der Waals surface area contributed by atoms with Crippen LogP contribution in [0.15, 0.2) is 65.7 Å². The van der Waals surface area contributed by atoms with E-state index in [0.29, 0.717) is 45.8 Å². The summed E-state index contributed by atoms with van der Waals surface area (Å²) < 4.78 is 24.8. The fourth-order valence-corrected chi connectivity index (χ4v) is 3.93. The van der Waals surface area contributed by atoms with Crippen LogP contribution in [0.25, 0.3) is 0 Å². The van der Waals surface area contributed by atoms with E-state index in [9.17, 15) is 9.50 Å². The Hall–Kier alpha value is -3.82. The first-order chi connectivity index (χ1) is 17.4. The fourth-order valence-electron chi connectivity index (χ4n) is 3.70. The molecule has 3 aromatic carbocycles. The van der Waals surface area contributed by atoms with Crippen molar-refractivity contribution in [1.82, 2.24) is 4.90 Å².